The molecule has 0 spiro atoms. The van der Waals surface area contributed by atoms with Crippen LogP contribution in [-0.4, -0.2) is 4.57 Å². The van der Waals surface area contributed by atoms with Crippen LogP contribution in [0, 0.1) is 0 Å². The van der Waals surface area contributed by atoms with Gasteiger partial charge in [-0.15, -0.1) is 22.7 Å². The Morgan fingerprint density at radius 3 is 1.80 bits per heavy atom. The summed E-state index contributed by atoms with van der Waals surface area (Å²) in [7, 11) is 0. The van der Waals surface area contributed by atoms with E-state index in [1.807, 2.05) is 0 Å². The summed E-state index contributed by atoms with van der Waals surface area (Å²) >= 11 is 3.56. The fraction of sp³-hybridized carbons (Fsp3) is 0. The molecule has 120 valence electrons. The first-order chi connectivity index (χ1) is 12.4. The maximum Gasteiger partial charge on any atom is 0.0635 e. The first kappa shape index (κ1) is 14.7. The smallest absolute Gasteiger partial charge is 0.0635 e. The molecule has 0 aliphatic heterocycles. The number of hydrogen-bond donors (Lipinski definition) is 0. The van der Waals surface area contributed by atoms with E-state index >= 15 is 0 Å². The average molecular weight is 358 g/mol. The van der Waals surface area contributed by atoms with Gasteiger partial charge in [-0.05, 0) is 57.9 Å². The number of fused-ring (bicyclic) bond motifs is 1. The van der Waals surface area contributed by atoms with Gasteiger partial charge in [-0.3, -0.25) is 0 Å². The summed E-state index contributed by atoms with van der Waals surface area (Å²) in [6, 6.07) is 28.3. The fourth-order valence-electron chi connectivity index (χ4n) is 3.26. The zero-order valence-electron chi connectivity index (χ0n) is 13.4. The highest BCUT2D eigenvalue weighted by atomic mass is 32.1. The summed E-state index contributed by atoms with van der Waals surface area (Å²) < 4.78 is 2.38. The molecule has 0 fully saturated rings. The Balaban J connectivity index is 1.79. The van der Waals surface area contributed by atoms with Gasteiger partial charge in [-0.2, -0.15) is 0 Å². The summed E-state index contributed by atoms with van der Waals surface area (Å²) in [4.78, 5) is 2.58. The molecule has 0 bridgehead atoms. The lowest BCUT2D eigenvalue weighted by atomic mass is 10.1. The van der Waals surface area contributed by atoms with Crippen molar-refractivity contribution in [2.75, 3.05) is 0 Å². The molecule has 0 amide bonds. The number of aromatic nitrogens is 1. The molecule has 0 aliphatic rings. The molecule has 0 aliphatic carbocycles. The van der Waals surface area contributed by atoms with Crippen molar-refractivity contribution in [3.63, 3.8) is 0 Å². The number of rotatable bonds is 3. The molecule has 1 nitrogen and oxygen atoms in total. The highest BCUT2D eigenvalue weighted by Gasteiger charge is 2.15. The van der Waals surface area contributed by atoms with E-state index in [0.29, 0.717) is 0 Å². The Morgan fingerprint density at radius 2 is 1.20 bits per heavy atom. The third-order valence-corrected chi connectivity index (χ3v) is 6.20. The van der Waals surface area contributed by atoms with E-state index in [1.54, 1.807) is 22.7 Å². The molecule has 5 rings (SSSR count). The minimum Gasteiger partial charge on any atom is -0.308 e. The largest absolute Gasteiger partial charge is 0.308 e. The highest BCUT2D eigenvalue weighted by Crippen LogP contribution is 2.36. The number of thiophene rings is 2. The molecule has 3 aromatic heterocycles. The molecule has 2 aromatic carbocycles. The second kappa shape index (κ2) is 6.03. The zero-order valence-corrected chi connectivity index (χ0v) is 15.1. The number of nitrogens with zero attached hydrogens (tertiary/aromatic N) is 1. The van der Waals surface area contributed by atoms with Gasteiger partial charge in [-0.1, -0.05) is 42.5 Å². The maximum absolute atomic E-state index is 2.38. The molecule has 0 N–H and O–H groups in total. The van der Waals surface area contributed by atoms with Crippen LogP contribution in [-0.2, 0) is 0 Å². The minimum atomic E-state index is 1.20. The van der Waals surface area contributed by atoms with Gasteiger partial charge in [0.2, 0.25) is 0 Å². The van der Waals surface area contributed by atoms with Gasteiger partial charge in [0.15, 0.2) is 0 Å². The van der Waals surface area contributed by atoms with Crippen molar-refractivity contribution in [3.8, 4) is 26.8 Å². The molecule has 5 aromatic rings. The molecule has 0 saturated carbocycles. The SMILES string of the molecule is c1csc(-c2ccc(-c3cccs3)n2-c2ccc3ccccc3c2)c1. The van der Waals surface area contributed by atoms with Gasteiger partial charge in [0.25, 0.3) is 0 Å². The maximum atomic E-state index is 2.38. The second-order valence-corrected chi connectivity index (χ2v) is 7.82. The van der Waals surface area contributed by atoms with E-state index in [1.165, 1.54) is 37.6 Å². The Bertz CT molecular complexity index is 1080. The molecule has 0 unspecified atom stereocenters. The molecule has 25 heavy (non-hydrogen) atoms. The van der Waals surface area contributed by atoms with Crippen LogP contribution < -0.4 is 0 Å². The Labute approximate surface area is 154 Å². The van der Waals surface area contributed by atoms with Crippen molar-refractivity contribution in [2.45, 2.75) is 0 Å². The summed E-state index contributed by atoms with van der Waals surface area (Å²) in [5.41, 5.74) is 3.69. The summed E-state index contributed by atoms with van der Waals surface area (Å²) in [6.07, 6.45) is 0. The normalized spacial score (nSPS) is 11.2. The lowest BCUT2D eigenvalue weighted by molar-refractivity contribution is 1.11. The van der Waals surface area contributed by atoms with E-state index < -0.39 is 0 Å². The van der Waals surface area contributed by atoms with Crippen molar-refractivity contribution in [3.05, 3.63) is 89.6 Å². The lowest BCUT2D eigenvalue weighted by Gasteiger charge is -2.13. The summed E-state index contributed by atoms with van der Waals surface area (Å²) in [5.74, 6) is 0. The topological polar surface area (TPSA) is 4.93 Å². The Kier molecular flexibility index (Phi) is 3.54. The first-order valence-electron chi connectivity index (χ1n) is 8.19. The van der Waals surface area contributed by atoms with E-state index in [-0.39, 0.29) is 0 Å². The van der Waals surface area contributed by atoms with Crippen molar-refractivity contribution in [1.29, 1.82) is 0 Å². The van der Waals surface area contributed by atoms with E-state index in [9.17, 15) is 0 Å². The van der Waals surface area contributed by atoms with Gasteiger partial charge in [-0.25, -0.2) is 0 Å². The lowest BCUT2D eigenvalue weighted by Crippen LogP contribution is -1.98. The van der Waals surface area contributed by atoms with Crippen LogP contribution in [0.4, 0.5) is 0 Å². The Hall–Kier alpha value is -2.62. The molecule has 0 radical (unpaired) electrons. The van der Waals surface area contributed by atoms with Gasteiger partial charge in [0.1, 0.15) is 0 Å². The molecular weight excluding hydrogens is 342 g/mol. The number of hydrogen-bond acceptors (Lipinski definition) is 2. The predicted octanol–water partition coefficient (Wildman–Crippen LogP) is 7.09. The third kappa shape index (κ3) is 2.53. The van der Waals surface area contributed by atoms with Crippen LogP contribution in [0.2, 0.25) is 0 Å². The van der Waals surface area contributed by atoms with Crippen molar-refractivity contribution in [2.24, 2.45) is 0 Å². The van der Waals surface area contributed by atoms with Gasteiger partial charge >= 0.3 is 0 Å². The van der Waals surface area contributed by atoms with Crippen LogP contribution in [0.3, 0.4) is 0 Å². The minimum absolute atomic E-state index is 1.20. The molecule has 0 atom stereocenters. The van der Waals surface area contributed by atoms with Crippen LogP contribution in [0.25, 0.3) is 37.6 Å². The van der Waals surface area contributed by atoms with Gasteiger partial charge in [0, 0.05) is 5.69 Å². The molecular formula is C22H15NS2. The van der Waals surface area contributed by atoms with Crippen molar-refractivity contribution >= 4 is 33.4 Å². The third-order valence-electron chi connectivity index (χ3n) is 4.42. The standard InChI is InChI=1S/C22H15NS2/c1-2-6-17-15-18(10-9-16(17)5-1)23-19(21-7-3-13-24-21)11-12-20(23)22-8-4-14-25-22/h1-15H. The predicted molar refractivity (Wildman–Crippen MR) is 110 cm³/mol. The van der Waals surface area contributed by atoms with Crippen LogP contribution >= 0.6 is 22.7 Å². The van der Waals surface area contributed by atoms with Gasteiger partial charge < -0.3 is 4.57 Å². The Morgan fingerprint density at radius 1 is 0.560 bits per heavy atom. The van der Waals surface area contributed by atoms with Gasteiger partial charge in [0.05, 0.1) is 21.1 Å². The molecule has 0 saturated heterocycles. The molecule has 3 heterocycles. The van der Waals surface area contributed by atoms with Crippen molar-refractivity contribution in [1.82, 2.24) is 4.57 Å². The highest BCUT2D eigenvalue weighted by molar-refractivity contribution is 7.14. The zero-order chi connectivity index (χ0) is 16.6. The summed E-state index contributed by atoms with van der Waals surface area (Å²) in [6.45, 7) is 0. The summed E-state index contributed by atoms with van der Waals surface area (Å²) in [5, 5.41) is 6.81. The van der Waals surface area contributed by atoms with E-state index in [4.69, 9.17) is 0 Å². The van der Waals surface area contributed by atoms with E-state index in [2.05, 4.69) is 94.2 Å². The van der Waals surface area contributed by atoms with Crippen LogP contribution in [0.1, 0.15) is 0 Å². The fourth-order valence-corrected chi connectivity index (χ4v) is 4.75. The van der Waals surface area contributed by atoms with Crippen molar-refractivity contribution < 1.29 is 0 Å². The molecule has 3 heteroatoms. The first-order valence-corrected chi connectivity index (χ1v) is 9.95. The van der Waals surface area contributed by atoms with E-state index in [0.717, 1.165) is 0 Å². The second-order valence-electron chi connectivity index (χ2n) is 5.93. The van der Waals surface area contributed by atoms with Crippen LogP contribution in [0.5, 0.6) is 0 Å². The number of benzene rings is 2. The monoisotopic (exact) mass is 357 g/mol. The average Bonchev–Trinajstić information content (AvgIpc) is 3.41. The quantitative estimate of drug-likeness (QED) is 0.325. The van der Waals surface area contributed by atoms with Crippen LogP contribution in [0.15, 0.2) is 89.6 Å².